The molecule has 0 bridgehead atoms. The molecule has 0 aromatic heterocycles. The van der Waals surface area contributed by atoms with Crippen molar-refractivity contribution in [1.29, 1.82) is 0 Å². The summed E-state index contributed by atoms with van der Waals surface area (Å²) in [5.74, 6) is 1.27. The van der Waals surface area contributed by atoms with Crippen LogP contribution in [0.3, 0.4) is 0 Å². The number of rotatable bonds is 3. The molecular weight excluding hydrogens is 276 g/mol. The van der Waals surface area contributed by atoms with Crippen molar-refractivity contribution in [2.75, 3.05) is 0 Å². The molecule has 110 valence electrons. The maximum atomic E-state index is 6.62. The SMILES string of the molecule is Cc1ccc(CC2CC(c3ccccc3)CCC2Cl)cc1. The summed E-state index contributed by atoms with van der Waals surface area (Å²) in [6.45, 7) is 2.14. The van der Waals surface area contributed by atoms with E-state index in [9.17, 15) is 0 Å². The first kappa shape index (κ1) is 14.7. The zero-order valence-electron chi connectivity index (χ0n) is 12.6. The second-order valence-electron chi connectivity index (χ2n) is 6.39. The predicted octanol–water partition coefficient (Wildman–Crippen LogP) is 5.73. The highest BCUT2D eigenvalue weighted by Gasteiger charge is 2.29. The average molecular weight is 299 g/mol. The molecule has 2 aromatic rings. The Labute approximate surface area is 133 Å². The Morgan fingerprint density at radius 3 is 2.38 bits per heavy atom. The first-order valence-corrected chi connectivity index (χ1v) is 8.40. The molecule has 21 heavy (non-hydrogen) atoms. The zero-order valence-corrected chi connectivity index (χ0v) is 13.4. The van der Waals surface area contributed by atoms with Crippen molar-refractivity contribution in [3.63, 3.8) is 0 Å². The van der Waals surface area contributed by atoms with Gasteiger partial charge >= 0.3 is 0 Å². The van der Waals surface area contributed by atoms with Crippen molar-refractivity contribution in [3.05, 3.63) is 71.3 Å². The predicted molar refractivity (Wildman–Crippen MR) is 91.0 cm³/mol. The molecule has 1 fully saturated rings. The zero-order chi connectivity index (χ0) is 14.7. The maximum absolute atomic E-state index is 6.62. The van der Waals surface area contributed by atoms with Crippen LogP contribution in [0.25, 0.3) is 0 Å². The van der Waals surface area contributed by atoms with Gasteiger partial charge in [0.2, 0.25) is 0 Å². The highest BCUT2D eigenvalue weighted by atomic mass is 35.5. The Balaban J connectivity index is 1.70. The molecule has 1 aliphatic carbocycles. The van der Waals surface area contributed by atoms with Crippen LogP contribution in [-0.2, 0) is 6.42 Å². The van der Waals surface area contributed by atoms with Gasteiger partial charge in [-0.2, -0.15) is 0 Å². The van der Waals surface area contributed by atoms with Crippen LogP contribution in [0.15, 0.2) is 54.6 Å². The minimum Gasteiger partial charge on any atom is -0.123 e. The van der Waals surface area contributed by atoms with Crippen LogP contribution < -0.4 is 0 Å². The van der Waals surface area contributed by atoms with Crippen LogP contribution in [-0.4, -0.2) is 5.38 Å². The molecule has 0 radical (unpaired) electrons. The summed E-state index contributed by atoms with van der Waals surface area (Å²) >= 11 is 6.62. The standard InChI is InChI=1S/C20H23Cl/c1-15-7-9-16(10-8-15)13-19-14-18(11-12-20(19)21)17-5-3-2-4-6-17/h2-10,18-20H,11-14H2,1H3. The second-order valence-corrected chi connectivity index (χ2v) is 6.95. The summed E-state index contributed by atoms with van der Waals surface area (Å²) < 4.78 is 0. The third-order valence-electron chi connectivity index (χ3n) is 4.78. The summed E-state index contributed by atoms with van der Waals surface area (Å²) in [6, 6.07) is 19.8. The summed E-state index contributed by atoms with van der Waals surface area (Å²) in [6.07, 6.45) is 4.68. The highest BCUT2D eigenvalue weighted by molar-refractivity contribution is 6.20. The van der Waals surface area contributed by atoms with E-state index in [1.165, 1.54) is 29.5 Å². The summed E-state index contributed by atoms with van der Waals surface area (Å²) in [7, 11) is 0. The Hall–Kier alpha value is -1.27. The van der Waals surface area contributed by atoms with Gasteiger partial charge in [0.05, 0.1) is 0 Å². The van der Waals surface area contributed by atoms with Gasteiger partial charge in [-0.25, -0.2) is 0 Å². The van der Waals surface area contributed by atoms with Gasteiger partial charge in [0, 0.05) is 5.38 Å². The van der Waals surface area contributed by atoms with Gasteiger partial charge in [0.1, 0.15) is 0 Å². The highest BCUT2D eigenvalue weighted by Crippen LogP contribution is 2.40. The number of halogens is 1. The molecule has 0 spiro atoms. The van der Waals surface area contributed by atoms with Crippen molar-refractivity contribution in [3.8, 4) is 0 Å². The van der Waals surface area contributed by atoms with Crippen molar-refractivity contribution in [2.45, 2.75) is 43.9 Å². The summed E-state index contributed by atoms with van der Waals surface area (Å²) in [4.78, 5) is 0. The lowest BCUT2D eigenvalue weighted by molar-refractivity contribution is 0.327. The summed E-state index contributed by atoms with van der Waals surface area (Å²) in [5, 5.41) is 0.325. The molecule has 2 aromatic carbocycles. The molecular formula is C20H23Cl. The van der Waals surface area contributed by atoms with Gasteiger partial charge in [-0.3, -0.25) is 0 Å². The van der Waals surface area contributed by atoms with Crippen molar-refractivity contribution in [1.82, 2.24) is 0 Å². The van der Waals surface area contributed by atoms with E-state index in [1.807, 2.05) is 0 Å². The molecule has 3 rings (SSSR count). The fourth-order valence-corrected chi connectivity index (χ4v) is 3.81. The fraction of sp³-hybridized carbons (Fsp3) is 0.400. The molecule has 0 N–H and O–H groups in total. The lowest BCUT2D eigenvalue weighted by atomic mass is 9.75. The van der Waals surface area contributed by atoms with Crippen molar-refractivity contribution < 1.29 is 0 Å². The molecule has 0 nitrogen and oxygen atoms in total. The topological polar surface area (TPSA) is 0 Å². The monoisotopic (exact) mass is 298 g/mol. The molecule has 1 aliphatic rings. The molecule has 3 unspecified atom stereocenters. The normalized spacial score (nSPS) is 25.7. The average Bonchev–Trinajstić information content (AvgIpc) is 2.52. The van der Waals surface area contributed by atoms with Crippen molar-refractivity contribution >= 4 is 11.6 Å². The fourth-order valence-electron chi connectivity index (χ4n) is 3.49. The Bertz CT molecular complexity index is 558. The number of aryl methyl sites for hydroxylation is 1. The van der Waals surface area contributed by atoms with E-state index in [-0.39, 0.29) is 0 Å². The Kier molecular flexibility index (Phi) is 4.65. The van der Waals surface area contributed by atoms with Crippen LogP contribution in [0.5, 0.6) is 0 Å². The molecule has 3 atom stereocenters. The number of hydrogen-bond acceptors (Lipinski definition) is 0. The number of benzene rings is 2. The quantitative estimate of drug-likeness (QED) is 0.635. The molecule has 0 saturated heterocycles. The van der Waals surface area contributed by atoms with E-state index in [4.69, 9.17) is 11.6 Å². The molecule has 1 saturated carbocycles. The van der Waals surface area contributed by atoms with Gasteiger partial charge in [-0.15, -0.1) is 11.6 Å². The van der Waals surface area contributed by atoms with Gasteiger partial charge in [-0.05, 0) is 55.6 Å². The number of hydrogen-bond donors (Lipinski definition) is 0. The lowest BCUT2D eigenvalue weighted by Gasteiger charge is -2.33. The van der Waals surface area contributed by atoms with Crippen LogP contribution in [0.2, 0.25) is 0 Å². The van der Waals surface area contributed by atoms with Gasteiger partial charge < -0.3 is 0 Å². The van der Waals surface area contributed by atoms with E-state index < -0.39 is 0 Å². The van der Waals surface area contributed by atoms with Gasteiger partial charge in [0.15, 0.2) is 0 Å². The summed E-state index contributed by atoms with van der Waals surface area (Å²) in [5.41, 5.74) is 4.23. The molecule has 0 heterocycles. The Morgan fingerprint density at radius 2 is 1.67 bits per heavy atom. The molecule has 0 amide bonds. The first-order chi connectivity index (χ1) is 10.2. The van der Waals surface area contributed by atoms with Gasteiger partial charge in [0.25, 0.3) is 0 Å². The van der Waals surface area contributed by atoms with E-state index in [0.29, 0.717) is 17.2 Å². The minimum absolute atomic E-state index is 0.325. The minimum atomic E-state index is 0.325. The lowest BCUT2D eigenvalue weighted by Crippen LogP contribution is -2.26. The van der Waals surface area contributed by atoms with E-state index in [0.717, 1.165) is 12.8 Å². The maximum Gasteiger partial charge on any atom is 0.0367 e. The van der Waals surface area contributed by atoms with Gasteiger partial charge in [-0.1, -0.05) is 60.2 Å². The van der Waals surface area contributed by atoms with Crippen LogP contribution in [0, 0.1) is 12.8 Å². The smallest absolute Gasteiger partial charge is 0.0367 e. The van der Waals surface area contributed by atoms with Crippen LogP contribution in [0.1, 0.15) is 41.9 Å². The van der Waals surface area contributed by atoms with E-state index in [1.54, 1.807) is 0 Å². The molecule has 0 aliphatic heterocycles. The first-order valence-electron chi connectivity index (χ1n) is 7.97. The third-order valence-corrected chi connectivity index (χ3v) is 5.35. The Morgan fingerprint density at radius 1 is 0.952 bits per heavy atom. The second kappa shape index (κ2) is 6.66. The number of alkyl halides is 1. The van der Waals surface area contributed by atoms with Crippen molar-refractivity contribution in [2.24, 2.45) is 5.92 Å². The van der Waals surface area contributed by atoms with Crippen LogP contribution in [0.4, 0.5) is 0 Å². The molecule has 1 heteroatoms. The van der Waals surface area contributed by atoms with Crippen LogP contribution >= 0.6 is 11.6 Å². The van der Waals surface area contributed by atoms with E-state index in [2.05, 4.69) is 61.5 Å². The third kappa shape index (κ3) is 3.68. The van der Waals surface area contributed by atoms with E-state index >= 15 is 0 Å². The largest absolute Gasteiger partial charge is 0.123 e.